The fourth-order valence-corrected chi connectivity index (χ4v) is 5.11. The first-order valence-corrected chi connectivity index (χ1v) is 11.1. The minimum absolute atomic E-state index is 0. The summed E-state index contributed by atoms with van der Waals surface area (Å²) in [6.45, 7) is 4.19. The van der Waals surface area contributed by atoms with E-state index in [9.17, 15) is 4.79 Å². The van der Waals surface area contributed by atoms with Crippen LogP contribution in [0, 0.1) is 0 Å². The second kappa shape index (κ2) is 13.1. The number of benzene rings is 2. The van der Waals surface area contributed by atoms with Gasteiger partial charge in [0.15, 0.2) is 0 Å². The summed E-state index contributed by atoms with van der Waals surface area (Å²) in [6, 6.07) is 27.8. The summed E-state index contributed by atoms with van der Waals surface area (Å²) in [5, 5.41) is 3.66. The largest absolute Gasteiger partial charge is 0.334 e. The van der Waals surface area contributed by atoms with Crippen LogP contribution in [0.3, 0.4) is 0 Å². The van der Waals surface area contributed by atoms with Crippen molar-refractivity contribution in [3.05, 3.63) is 102 Å². The van der Waals surface area contributed by atoms with E-state index in [0.29, 0.717) is 17.8 Å². The topological polar surface area (TPSA) is 48.5 Å². The van der Waals surface area contributed by atoms with Gasteiger partial charge in [-0.2, -0.15) is 0 Å². The van der Waals surface area contributed by atoms with Crippen molar-refractivity contribution in [3.63, 3.8) is 0 Å². The molecule has 0 bridgehead atoms. The van der Waals surface area contributed by atoms with Crippen molar-refractivity contribution < 1.29 is 4.79 Å². The fourth-order valence-electron chi connectivity index (χ4n) is 5.11. The van der Waals surface area contributed by atoms with Crippen molar-refractivity contribution >= 4 is 43.1 Å². The van der Waals surface area contributed by atoms with E-state index in [1.165, 1.54) is 11.1 Å². The predicted octanol–water partition coefficient (Wildman–Crippen LogP) is 4.28. The highest BCUT2D eigenvalue weighted by Gasteiger charge is 2.40. The highest BCUT2D eigenvalue weighted by molar-refractivity contribution is 5.92. The van der Waals surface area contributed by atoms with Crippen molar-refractivity contribution in [1.82, 2.24) is 20.1 Å². The number of hydrogen-bond donors (Lipinski definition) is 1. The highest BCUT2D eigenvalue weighted by atomic mass is 35.5. The number of halogens is 3. The molecule has 2 aliphatic rings. The molecule has 0 spiro atoms. The molecule has 3 aromatic rings. The van der Waals surface area contributed by atoms with Crippen LogP contribution in [0.2, 0.25) is 0 Å². The Morgan fingerprint density at radius 1 is 0.824 bits per heavy atom. The minimum atomic E-state index is 0. The Morgan fingerprint density at radius 2 is 1.44 bits per heavy atom. The molecule has 34 heavy (non-hydrogen) atoms. The maximum atomic E-state index is 13.0. The Labute approximate surface area is 220 Å². The normalized spacial score (nSPS) is 19.7. The number of aromatic nitrogens is 1. The Hall–Kier alpha value is -2.15. The van der Waals surface area contributed by atoms with Crippen molar-refractivity contribution in [2.24, 2.45) is 0 Å². The van der Waals surface area contributed by atoms with E-state index < -0.39 is 0 Å². The third-order valence-electron chi connectivity index (χ3n) is 6.56. The van der Waals surface area contributed by atoms with Gasteiger partial charge < -0.3 is 10.2 Å². The van der Waals surface area contributed by atoms with E-state index in [-0.39, 0.29) is 49.0 Å². The second-order valence-corrected chi connectivity index (χ2v) is 8.38. The van der Waals surface area contributed by atoms with Crippen molar-refractivity contribution in [2.75, 3.05) is 32.7 Å². The van der Waals surface area contributed by atoms with Crippen LogP contribution >= 0.6 is 37.2 Å². The van der Waals surface area contributed by atoms with Crippen LogP contribution in [-0.2, 0) is 0 Å². The van der Waals surface area contributed by atoms with Gasteiger partial charge in [-0.25, -0.2) is 0 Å². The van der Waals surface area contributed by atoms with Crippen molar-refractivity contribution in [3.8, 4) is 0 Å². The van der Waals surface area contributed by atoms with Crippen LogP contribution < -0.4 is 5.32 Å². The lowest BCUT2D eigenvalue weighted by atomic mass is 9.82. The molecule has 2 atom stereocenters. The molecule has 2 aliphatic heterocycles. The number of rotatable bonds is 4. The summed E-state index contributed by atoms with van der Waals surface area (Å²) < 4.78 is 0. The molecule has 5 rings (SSSR count). The van der Waals surface area contributed by atoms with E-state index in [1.54, 1.807) is 12.3 Å². The number of nitrogens with zero attached hydrogens (tertiary/aromatic N) is 3. The Morgan fingerprint density at radius 3 is 2.03 bits per heavy atom. The standard InChI is InChI=1S/C26H28N4O.3ClH/c31-26(23-13-7-8-14-28-23)29-15-16-30-22(19-29)17-27-18-24(30)25(20-9-3-1-4-10-20)21-11-5-2-6-12-21;;;/h1-14,22,24-25,27H,15-19H2;3*1H/t22-,24?;;;/m1.../s1. The second-order valence-electron chi connectivity index (χ2n) is 8.38. The number of fused-ring (bicyclic) bond motifs is 1. The van der Waals surface area contributed by atoms with Crippen LogP contribution in [0.1, 0.15) is 27.5 Å². The van der Waals surface area contributed by atoms with Gasteiger partial charge in [0, 0.05) is 56.9 Å². The number of hydrogen-bond acceptors (Lipinski definition) is 4. The smallest absolute Gasteiger partial charge is 0.272 e. The summed E-state index contributed by atoms with van der Waals surface area (Å²) in [5.41, 5.74) is 3.21. The highest BCUT2D eigenvalue weighted by Crippen LogP contribution is 2.34. The molecular weight excluding hydrogens is 491 g/mol. The zero-order valence-electron chi connectivity index (χ0n) is 18.8. The van der Waals surface area contributed by atoms with E-state index in [0.717, 1.165) is 32.7 Å². The molecule has 2 fully saturated rings. The fraction of sp³-hybridized carbons (Fsp3) is 0.308. The molecule has 182 valence electrons. The van der Waals surface area contributed by atoms with E-state index in [4.69, 9.17) is 0 Å². The molecule has 3 heterocycles. The van der Waals surface area contributed by atoms with Gasteiger partial charge in [0.25, 0.3) is 5.91 Å². The van der Waals surface area contributed by atoms with Crippen LogP contribution in [0.4, 0.5) is 0 Å². The van der Waals surface area contributed by atoms with Gasteiger partial charge in [0.05, 0.1) is 0 Å². The molecule has 1 unspecified atom stereocenters. The maximum Gasteiger partial charge on any atom is 0.272 e. The summed E-state index contributed by atoms with van der Waals surface area (Å²) in [7, 11) is 0. The summed E-state index contributed by atoms with van der Waals surface area (Å²) in [4.78, 5) is 21.8. The lowest BCUT2D eigenvalue weighted by Crippen LogP contribution is -2.66. The van der Waals surface area contributed by atoms with Gasteiger partial charge in [0.1, 0.15) is 5.69 Å². The van der Waals surface area contributed by atoms with Crippen molar-refractivity contribution in [1.29, 1.82) is 0 Å². The number of amides is 1. The number of piperazine rings is 2. The molecule has 1 aromatic heterocycles. The van der Waals surface area contributed by atoms with Crippen LogP contribution in [0.15, 0.2) is 85.1 Å². The first-order valence-electron chi connectivity index (χ1n) is 11.1. The van der Waals surface area contributed by atoms with Crippen LogP contribution in [-0.4, -0.2) is 65.5 Å². The van der Waals surface area contributed by atoms with Gasteiger partial charge in [-0.1, -0.05) is 66.7 Å². The molecule has 2 saturated heterocycles. The molecule has 2 aromatic carbocycles. The van der Waals surface area contributed by atoms with Gasteiger partial charge in [-0.15, -0.1) is 37.2 Å². The molecular formula is C26H31Cl3N4O. The zero-order chi connectivity index (χ0) is 21.0. The number of carbonyl (C=O) groups is 1. The quantitative estimate of drug-likeness (QED) is 0.557. The molecule has 5 nitrogen and oxygen atoms in total. The van der Waals surface area contributed by atoms with E-state index in [2.05, 4.69) is 75.9 Å². The third kappa shape index (κ3) is 5.91. The number of carbonyl (C=O) groups excluding carboxylic acids is 1. The monoisotopic (exact) mass is 520 g/mol. The average molecular weight is 522 g/mol. The van der Waals surface area contributed by atoms with Crippen molar-refractivity contribution in [2.45, 2.75) is 18.0 Å². The molecule has 1 N–H and O–H groups in total. The Bertz CT molecular complexity index is 971. The first-order chi connectivity index (χ1) is 15.3. The molecule has 8 heteroatoms. The molecule has 0 aliphatic carbocycles. The zero-order valence-corrected chi connectivity index (χ0v) is 21.3. The summed E-state index contributed by atoms with van der Waals surface area (Å²) >= 11 is 0. The van der Waals surface area contributed by atoms with Crippen LogP contribution in [0.5, 0.6) is 0 Å². The van der Waals surface area contributed by atoms with E-state index >= 15 is 0 Å². The summed E-state index contributed by atoms with van der Waals surface area (Å²) in [6.07, 6.45) is 1.69. The van der Waals surface area contributed by atoms with Gasteiger partial charge in [-0.05, 0) is 23.3 Å². The van der Waals surface area contributed by atoms with Gasteiger partial charge in [0.2, 0.25) is 0 Å². The Balaban J connectivity index is 0.00000136. The van der Waals surface area contributed by atoms with E-state index in [1.807, 2.05) is 17.0 Å². The summed E-state index contributed by atoms with van der Waals surface area (Å²) in [5.74, 6) is 0.320. The lowest BCUT2D eigenvalue weighted by molar-refractivity contribution is 0.0141. The van der Waals surface area contributed by atoms with Gasteiger partial charge in [-0.3, -0.25) is 14.7 Å². The predicted molar refractivity (Wildman–Crippen MR) is 144 cm³/mol. The maximum absolute atomic E-state index is 13.0. The Kier molecular flexibility index (Phi) is 10.8. The van der Waals surface area contributed by atoms with Gasteiger partial charge >= 0.3 is 0 Å². The number of pyridine rings is 1. The first kappa shape index (κ1) is 28.1. The van der Waals surface area contributed by atoms with Crippen LogP contribution in [0.25, 0.3) is 0 Å². The number of nitrogens with one attached hydrogen (secondary N) is 1. The average Bonchev–Trinajstić information content (AvgIpc) is 2.85. The minimum Gasteiger partial charge on any atom is -0.334 e. The molecule has 0 radical (unpaired) electrons. The molecule has 1 amide bonds. The SMILES string of the molecule is Cl.Cl.Cl.O=C(c1ccccn1)N1CCN2C(C(c3ccccc3)c3ccccc3)CNC[C@@H]2C1. The lowest BCUT2D eigenvalue weighted by Gasteiger charge is -2.50. The molecule has 0 saturated carbocycles. The third-order valence-corrected chi connectivity index (χ3v) is 6.56.